The Hall–Kier alpha value is -1.27. The van der Waals surface area contributed by atoms with Crippen LogP contribution in [0.3, 0.4) is 0 Å². The molecular weight excluding hydrogens is 235 g/mol. The van der Waals surface area contributed by atoms with E-state index in [4.69, 9.17) is 10.5 Å². The van der Waals surface area contributed by atoms with Crippen LogP contribution < -0.4 is 10.5 Å². The molecule has 0 unspecified atom stereocenters. The molecule has 0 heterocycles. The lowest BCUT2D eigenvalue weighted by Crippen LogP contribution is -2.19. The maximum Gasteiger partial charge on any atom is 0.411 e. The van der Waals surface area contributed by atoms with Crippen molar-refractivity contribution in [3.63, 3.8) is 0 Å². The Labute approximate surface area is 97.3 Å². The molecule has 6 heteroatoms. The lowest BCUT2D eigenvalue weighted by atomic mass is 10.2. The first-order chi connectivity index (χ1) is 8.01. The molecule has 1 rings (SSSR count). The van der Waals surface area contributed by atoms with Gasteiger partial charge in [0.2, 0.25) is 0 Å². The minimum absolute atomic E-state index is 0.0814. The Morgan fingerprint density at radius 3 is 2.24 bits per heavy atom. The molecule has 0 bridgehead atoms. The highest BCUT2D eigenvalue weighted by molar-refractivity contribution is 5.26. The van der Waals surface area contributed by atoms with Crippen molar-refractivity contribution < 1.29 is 22.6 Å². The minimum atomic E-state index is -4.29. The van der Waals surface area contributed by atoms with Gasteiger partial charge in [0.15, 0.2) is 0 Å². The van der Waals surface area contributed by atoms with Crippen LogP contribution in [0.5, 0.6) is 5.75 Å². The highest BCUT2D eigenvalue weighted by Crippen LogP contribution is 2.14. The number of hydrogen-bond donors (Lipinski definition) is 1. The fourth-order valence-electron chi connectivity index (χ4n) is 1.13. The van der Waals surface area contributed by atoms with Gasteiger partial charge in [0.25, 0.3) is 0 Å². The van der Waals surface area contributed by atoms with Crippen LogP contribution in [-0.2, 0) is 11.3 Å². The van der Waals surface area contributed by atoms with Crippen molar-refractivity contribution in [1.82, 2.24) is 0 Å². The molecular formula is C11H14F3NO2. The molecule has 1 aromatic rings. The van der Waals surface area contributed by atoms with E-state index in [2.05, 4.69) is 4.74 Å². The molecule has 1 aromatic carbocycles. The van der Waals surface area contributed by atoms with Crippen molar-refractivity contribution in [2.75, 3.05) is 19.8 Å². The molecule has 2 N–H and O–H groups in total. The van der Waals surface area contributed by atoms with Gasteiger partial charge in [-0.2, -0.15) is 13.2 Å². The normalized spacial score (nSPS) is 11.5. The second kappa shape index (κ2) is 6.46. The second-order valence-electron chi connectivity index (χ2n) is 3.36. The molecule has 0 aromatic heterocycles. The van der Waals surface area contributed by atoms with Crippen LogP contribution in [0.1, 0.15) is 5.56 Å². The van der Waals surface area contributed by atoms with Crippen LogP contribution in [0.2, 0.25) is 0 Å². The number of nitrogens with two attached hydrogens (primary N) is 1. The third kappa shape index (κ3) is 6.13. The molecule has 0 radical (unpaired) electrons. The number of alkyl halides is 3. The van der Waals surface area contributed by atoms with Gasteiger partial charge in [-0.05, 0) is 17.7 Å². The van der Waals surface area contributed by atoms with Gasteiger partial charge in [-0.25, -0.2) is 0 Å². The lowest BCUT2D eigenvalue weighted by Gasteiger charge is -2.09. The second-order valence-corrected chi connectivity index (χ2v) is 3.36. The third-order valence-electron chi connectivity index (χ3n) is 1.92. The fraction of sp³-hybridized carbons (Fsp3) is 0.455. The highest BCUT2D eigenvalue weighted by atomic mass is 19.4. The largest absolute Gasteiger partial charge is 0.491 e. The molecule has 0 saturated carbocycles. The number of halogens is 3. The third-order valence-corrected chi connectivity index (χ3v) is 1.92. The van der Waals surface area contributed by atoms with Crippen LogP contribution in [0.4, 0.5) is 13.2 Å². The van der Waals surface area contributed by atoms with Gasteiger partial charge in [-0.3, -0.25) is 0 Å². The summed E-state index contributed by atoms with van der Waals surface area (Å²) in [7, 11) is 0. The van der Waals surface area contributed by atoms with E-state index in [1.54, 1.807) is 24.3 Å². The molecule has 96 valence electrons. The van der Waals surface area contributed by atoms with Crippen molar-refractivity contribution >= 4 is 0 Å². The monoisotopic (exact) mass is 249 g/mol. The van der Waals surface area contributed by atoms with Crippen molar-refractivity contribution in [3.05, 3.63) is 29.8 Å². The molecule has 17 heavy (non-hydrogen) atoms. The van der Waals surface area contributed by atoms with Gasteiger partial charge in [0, 0.05) is 6.54 Å². The van der Waals surface area contributed by atoms with E-state index in [9.17, 15) is 13.2 Å². The van der Waals surface area contributed by atoms with Crippen molar-refractivity contribution in [2.45, 2.75) is 12.7 Å². The first-order valence-electron chi connectivity index (χ1n) is 5.07. The standard InChI is InChI=1S/C11H14F3NO2/c12-11(13,14)8-16-5-6-17-10-3-1-9(7-15)2-4-10/h1-4H,5-8,15H2. The first kappa shape index (κ1) is 13.8. The van der Waals surface area contributed by atoms with Gasteiger partial charge in [0.05, 0.1) is 6.61 Å². The fourth-order valence-corrected chi connectivity index (χ4v) is 1.13. The summed E-state index contributed by atoms with van der Waals surface area (Å²) in [5, 5.41) is 0. The summed E-state index contributed by atoms with van der Waals surface area (Å²) in [6.07, 6.45) is -4.29. The number of rotatable bonds is 6. The Morgan fingerprint density at radius 1 is 1.06 bits per heavy atom. The quantitative estimate of drug-likeness (QED) is 0.785. The van der Waals surface area contributed by atoms with E-state index in [0.717, 1.165) is 5.56 Å². The Bertz CT molecular complexity index is 324. The molecule has 0 aliphatic heterocycles. The average Bonchev–Trinajstić information content (AvgIpc) is 2.28. The van der Waals surface area contributed by atoms with Crippen LogP contribution >= 0.6 is 0 Å². The van der Waals surface area contributed by atoms with Crippen LogP contribution in [-0.4, -0.2) is 26.0 Å². The van der Waals surface area contributed by atoms with Crippen molar-refractivity contribution in [3.8, 4) is 5.75 Å². The maximum absolute atomic E-state index is 11.7. The zero-order valence-corrected chi connectivity index (χ0v) is 9.17. The Morgan fingerprint density at radius 2 is 1.71 bits per heavy atom. The smallest absolute Gasteiger partial charge is 0.411 e. The zero-order valence-electron chi connectivity index (χ0n) is 9.17. The van der Waals surface area contributed by atoms with Gasteiger partial charge >= 0.3 is 6.18 Å². The predicted octanol–water partition coefficient (Wildman–Crippen LogP) is 2.10. The first-order valence-corrected chi connectivity index (χ1v) is 5.07. The Balaban J connectivity index is 2.18. The molecule has 0 aliphatic carbocycles. The number of ether oxygens (including phenoxy) is 2. The summed E-state index contributed by atoms with van der Waals surface area (Å²) in [6, 6.07) is 7.02. The summed E-state index contributed by atoms with van der Waals surface area (Å²) in [4.78, 5) is 0. The summed E-state index contributed by atoms with van der Waals surface area (Å²) < 4.78 is 44.7. The predicted molar refractivity (Wildman–Crippen MR) is 56.7 cm³/mol. The SMILES string of the molecule is NCc1ccc(OCCOCC(F)(F)F)cc1. The lowest BCUT2D eigenvalue weighted by molar-refractivity contribution is -0.175. The molecule has 0 amide bonds. The van der Waals surface area contributed by atoms with Crippen molar-refractivity contribution in [1.29, 1.82) is 0 Å². The van der Waals surface area contributed by atoms with E-state index in [1.165, 1.54) is 0 Å². The average molecular weight is 249 g/mol. The molecule has 0 aliphatic rings. The van der Waals surface area contributed by atoms with E-state index in [0.29, 0.717) is 12.3 Å². The van der Waals surface area contributed by atoms with E-state index >= 15 is 0 Å². The summed E-state index contributed by atoms with van der Waals surface area (Å²) in [5.74, 6) is 0.581. The van der Waals surface area contributed by atoms with Crippen LogP contribution in [0.15, 0.2) is 24.3 Å². The maximum atomic E-state index is 11.7. The van der Waals surface area contributed by atoms with E-state index < -0.39 is 12.8 Å². The molecule has 0 fully saturated rings. The van der Waals surface area contributed by atoms with Gasteiger partial charge in [0.1, 0.15) is 19.0 Å². The van der Waals surface area contributed by atoms with E-state index in [1.807, 2.05) is 0 Å². The molecule has 0 spiro atoms. The topological polar surface area (TPSA) is 44.5 Å². The zero-order chi connectivity index (χ0) is 12.7. The molecule has 0 atom stereocenters. The van der Waals surface area contributed by atoms with Crippen LogP contribution in [0.25, 0.3) is 0 Å². The summed E-state index contributed by atoms with van der Waals surface area (Å²) >= 11 is 0. The highest BCUT2D eigenvalue weighted by Gasteiger charge is 2.27. The summed E-state index contributed by atoms with van der Waals surface area (Å²) in [5.41, 5.74) is 6.38. The van der Waals surface area contributed by atoms with Crippen LogP contribution in [0, 0.1) is 0 Å². The van der Waals surface area contributed by atoms with Gasteiger partial charge in [-0.1, -0.05) is 12.1 Å². The summed E-state index contributed by atoms with van der Waals surface area (Å²) in [6.45, 7) is -0.826. The van der Waals surface area contributed by atoms with Crippen molar-refractivity contribution in [2.24, 2.45) is 5.73 Å². The number of hydrogen-bond acceptors (Lipinski definition) is 3. The Kier molecular flexibility index (Phi) is 5.24. The molecule has 3 nitrogen and oxygen atoms in total. The number of benzene rings is 1. The molecule has 0 saturated heterocycles. The van der Waals surface area contributed by atoms with Gasteiger partial charge in [-0.15, -0.1) is 0 Å². The van der Waals surface area contributed by atoms with Gasteiger partial charge < -0.3 is 15.2 Å². The van der Waals surface area contributed by atoms with E-state index in [-0.39, 0.29) is 13.2 Å². The minimum Gasteiger partial charge on any atom is -0.491 e.